The molecular weight excluding hydrogens is 370 g/mol. The fourth-order valence-electron chi connectivity index (χ4n) is 3.26. The number of amides is 1. The van der Waals surface area contributed by atoms with E-state index in [4.69, 9.17) is 16.1 Å². The molecule has 0 bridgehead atoms. The minimum absolute atomic E-state index is 0.0651. The van der Waals surface area contributed by atoms with Crippen LogP contribution in [0, 0.1) is 0 Å². The van der Waals surface area contributed by atoms with Crippen molar-refractivity contribution < 1.29 is 9.32 Å². The highest BCUT2D eigenvalue weighted by Crippen LogP contribution is 2.21. The molecule has 0 saturated carbocycles. The molecule has 0 aliphatic carbocycles. The van der Waals surface area contributed by atoms with Gasteiger partial charge >= 0.3 is 0 Å². The number of tetrazole rings is 1. The van der Waals surface area contributed by atoms with Crippen LogP contribution in [0.3, 0.4) is 0 Å². The first kappa shape index (κ1) is 17.6. The van der Waals surface area contributed by atoms with Crippen molar-refractivity contribution in [2.24, 2.45) is 0 Å². The Kier molecular flexibility index (Phi) is 5.10. The Morgan fingerprint density at radius 2 is 2.19 bits per heavy atom. The van der Waals surface area contributed by atoms with E-state index in [1.807, 2.05) is 17.0 Å². The number of carbonyl (C=O) groups is 1. The van der Waals surface area contributed by atoms with E-state index in [1.54, 1.807) is 23.3 Å². The van der Waals surface area contributed by atoms with Gasteiger partial charge in [-0.1, -0.05) is 16.8 Å². The van der Waals surface area contributed by atoms with Gasteiger partial charge < -0.3 is 9.42 Å². The minimum atomic E-state index is 0.0651. The van der Waals surface area contributed by atoms with E-state index in [9.17, 15) is 4.79 Å². The number of hydrogen-bond acceptors (Lipinski definition) is 7. The largest absolute Gasteiger partial charge is 0.360 e. The fraction of sp³-hybridized carbons (Fsp3) is 0.412. The third-order valence-electron chi connectivity index (χ3n) is 4.58. The first-order chi connectivity index (χ1) is 13.2. The molecule has 1 aliphatic heterocycles. The van der Waals surface area contributed by atoms with E-state index >= 15 is 0 Å². The summed E-state index contributed by atoms with van der Waals surface area (Å²) >= 11 is 5.74. The van der Waals surface area contributed by atoms with E-state index in [0.29, 0.717) is 36.1 Å². The van der Waals surface area contributed by atoms with Gasteiger partial charge in [0, 0.05) is 43.4 Å². The first-order valence-electron chi connectivity index (χ1n) is 8.78. The lowest BCUT2D eigenvalue weighted by molar-refractivity contribution is -0.132. The molecule has 0 aromatic carbocycles. The van der Waals surface area contributed by atoms with Gasteiger partial charge in [-0.15, -0.1) is 10.2 Å². The molecule has 4 heterocycles. The van der Waals surface area contributed by atoms with Crippen molar-refractivity contribution in [3.05, 3.63) is 41.5 Å². The Labute approximate surface area is 160 Å². The second kappa shape index (κ2) is 7.83. The van der Waals surface area contributed by atoms with E-state index < -0.39 is 0 Å². The van der Waals surface area contributed by atoms with Gasteiger partial charge in [0.05, 0.1) is 12.6 Å². The predicted octanol–water partition coefficient (Wildman–Crippen LogP) is 2.00. The van der Waals surface area contributed by atoms with Crippen LogP contribution in [0.15, 0.2) is 35.1 Å². The van der Waals surface area contributed by atoms with Crippen LogP contribution >= 0.6 is 11.6 Å². The van der Waals surface area contributed by atoms with Crippen LogP contribution in [0.2, 0.25) is 5.15 Å². The molecule has 1 amide bonds. The molecule has 10 heteroatoms. The van der Waals surface area contributed by atoms with Gasteiger partial charge in [0.1, 0.15) is 5.76 Å². The molecule has 1 saturated heterocycles. The second-order valence-electron chi connectivity index (χ2n) is 6.40. The molecule has 4 rings (SSSR count). The van der Waals surface area contributed by atoms with Crippen molar-refractivity contribution >= 4 is 17.5 Å². The molecule has 1 atom stereocenters. The monoisotopic (exact) mass is 387 g/mol. The van der Waals surface area contributed by atoms with Crippen molar-refractivity contribution in [3.63, 3.8) is 0 Å². The van der Waals surface area contributed by atoms with Crippen LogP contribution in [-0.4, -0.2) is 53.7 Å². The molecule has 3 aromatic rings. The molecule has 1 aliphatic rings. The minimum Gasteiger partial charge on any atom is -0.360 e. The normalized spacial score (nSPS) is 16.8. The van der Waals surface area contributed by atoms with Crippen LogP contribution in [-0.2, 0) is 17.8 Å². The molecule has 1 fully saturated rings. The van der Waals surface area contributed by atoms with Crippen molar-refractivity contribution in [2.45, 2.75) is 38.3 Å². The highest BCUT2D eigenvalue weighted by molar-refractivity contribution is 6.29. The van der Waals surface area contributed by atoms with E-state index in [0.717, 1.165) is 24.9 Å². The number of hydrogen-bond donors (Lipinski definition) is 0. The smallest absolute Gasteiger partial charge is 0.223 e. The number of nitrogens with zero attached hydrogens (tertiary/aromatic N) is 7. The maximum Gasteiger partial charge on any atom is 0.223 e. The zero-order valence-corrected chi connectivity index (χ0v) is 15.3. The molecular formula is C17H18ClN7O2. The van der Waals surface area contributed by atoms with Crippen LogP contribution in [0.25, 0.3) is 11.4 Å². The molecule has 140 valence electrons. The van der Waals surface area contributed by atoms with Gasteiger partial charge in [-0.05, 0) is 30.2 Å². The predicted molar refractivity (Wildman–Crippen MR) is 95.6 cm³/mol. The maximum atomic E-state index is 12.6. The van der Waals surface area contributed by atoms with Crippen LogP contribution < -0.4 is 0 Å². The average Bonchev–Trinajstić information content (AvgIpc) is 3.42. The highest BCUT2D eigenvalue weighted by Gasteiger charge is 2.29. The lowest BCUT2D eigenvalue weighted by Crippen LogP contribution is -2.38. The summed E-state index contributed by atoms with van der Waals surface area (Å²) < 4.78 is 5.06. The van der Waals surface area contributed by atoms with Gasteiger partial charge in [0.25, 0.3) is 0 Å². The SMILES string of the molecule is O=C(CCc1cc(Cl)no1)N1CCC[C@@H]1Cn1nnc(-c2ccncc2)n1. The topological polar surface area (TPSA) is 103 Å². The van der Waals surface area contributed by atoms with Crippen LogP contribution in [0.1, 0.15) is 25.0 Å². The summed E-state index contributed by atoms with van der Waals surface area (Å²) in [6, 6.07) is 5.37. The lowest BCUT2D eigenvalue weighted by Gasteiger charge is -2.24. The van der Waals surface area contributed by atoms with E-state index in [-0.39, 0.29) is 11.9 Å². The van der Waals surface area contributed by atoms with Gasteiger partial charge in [0.2, 0.25) is 11.7 Å². The lowest BCUT2D eigenvalue weighted by atomic mass is 10.2. The molecule has 9 nitrogen and oxygen atoms in total. The number of halogens is 1. The quantitative estimate of drug-likeness (QED) is 0.637. The number of carbonyl (C=O) groups excluding carboxylic acids is 1. The summed E-state index contributed by atoms with van der Waals surface area (Å²) in [7, 11) is 0. The highest BCUT2D eigenvalue weighted by atomic mass is 35.5. The summed E-state index contributed by atoms with van der Waals surface area (Å²) in [5.41, 5.74) is 0.862. The standard InChI is InChI=1S/C17H18ClN7O2/c18-15-10-14(27-22-15)3-4-16(26)24-9-1-2-13(24)11-25-21-17(20-23-25)12-5-7-19-8-6-12/h5-8,10,13H,1-4,9,11H2/t13-/m1/s1. The number of rotatable bonds is 6. The third-order valence-corrected chi connectivity index (χ3v) is 4.76. The summed E-state index contributed by atoms with van der Waals surface area (Å²) in [4.78, 5) is 20.1. The summed E-state index contributed by atoms with van der Waals surface area (Å²) in [6.45, 7) is 1.27. The maximum absolute atomic E-state index is 12.6. The van der Waals surface area contributed by atoms with Gasteiger partial charge in [-0.3, -0.25) is 9.78 Å². The Morgan fingerprint density at radius 1 is 1.33 bits per heavy atom. The molecule has 0 N–H and O–H groups in total. The summed E-state index contributed by atoms with van der Waals surface area (Å²) in [5.74, 6) is 1.25. The first-order valence-corrected chi connectivity index (χ1v) is 9.15. The molecule has 3 aromatic heterocycles. The number of pyridine rings is 1. The van der Waals surface area contributed by atoms with Crippen LogP contribution in [0.5, 0.6) is 0 Å². The molecule has 0 spiro atoms. The van der Waals surface area contributed by atoms with E-state index in [2.05, 4.69) is 25.6 Å². The average molecular weight is 388 g/mol. The molecule has 0 unspecified atom stereocenters. The molecule has 27 heavy (non-hydrogen) atoms. The van der Waals surface area contributed by atoms with Gasteiger partial charge in [-0.25, -0.2) is 0 Å². The van der Waals surface area contributed by atoms with Crippen molar-refractivity contribution in [1.82, 2.24) is 35.2 Å². The number of aromatic nitrogens is 6. The van der Waals surface area contributed by atoms with Crippen molar-refractivity contribution in [1.29, 1.82) is 0 Å². The zero-order chi connectivity index (χ0) is 18.6. The zero-order valence-electron chi connectivity index (χ0n) is 14.5. The Hall–Kier alpha value is -2.81. The van der Waals surface area contributed by atoms with Gasteiger partial charge in [0.15, 0.2) is 5.15 Å². The van der Waals surface area contributed by atoms with Crippen LogP contribution in [0.4, 0.5) is 0 Å². The third kappa shape index (κ3) is 4.13. The Bertz CT molecular complexity index is 911. The number of aryl methyl sites for hydroxylation is 1. The fourth-order valence-corrected chi connectivity index (χ4v) is 3.41. The second-order valence-corrected chi connectivity index (χ2v) is 6.79. The van der Waals surface area contributed by atoms with Crippen molar-refractivity contribution in [2.75, 3.05) is 6.54 Å². The van der Waals surface area contributed by atoms with E-state index in [1.165, 1.54) is 0 Å². The van der Waals surface area contributed by atoms with Gasteiger partial charge in [-0.2, -0.15) is 4.80 Å². The Balaban J connectivity index is 1.37. The number of likely N-dealkylation sites (tertiary alicyclic amines) is 1. The summed E-state index contributed by atoms with van der Waals surface area (Å²) in [5, 5.41) is 16.6. The Morgan fingerprint density at radius 3 is 2.96 bits per heavy atom. The molecule has 0 radical (unpaired) electrons. The summed E-state index contributed by atoms with van der Waals surface area (Å²) in [6.07, 6.45) is 6.11. The van der Waals surface area contributed by atoms with Crippen molar-refractivity contribution in [3.8, 4) is 11.4 Å².